The number of rotatable bonds is 6. The van der Waals surface area contributed by atoms with E-state index in [-0.39, 0.29) is 11.9 Å². The van der Waals surface area contributed by atoms with Crippen LogP contribution in [0, 0.1) is 0 Å². The molecular weight excluding hydrogens is 318 g/mol. The smallest absolute Gasteiger partial charge is 0.227 e. The Bertz CT molecular complexity index is 720. The first-order valence-electron chi connectivity index (χ1n) is 8.79. The fourth-order valence-electron chi connectivity index (χ4n) is 3.20. The Hall–Kier alpha value is -1.72. The number of hydrogen-bond acceptors (Lipinski definition) is 4. The van der Waals surface area contributed by atoms with Crippen molar-refractivity contribution in [2.24, 2.45) is 0 Å². The molecule has 0 spiro atoms. The van der Waals surface area contributed by atoms with Gasteiger partial charge in [0.05, 0.1) is 5.69 Å². The van der Waals surface area contributed by atoms with Gasteiger partial charge in [-0.2, -0.15) is 0 Å². The topological polar surface area (TPSA) is 45.2 Å². The van der Waals surface area contributed by atoms with Crippen molar-refractivity contribution in [2.45, 2.75) is 51.1 Å². The Morgan fingerprint density at radius 1 is 1.33 bits per heavy atom. The molecule has 2 aliphatic rings. The predicted molar refractivity (Wildman–Crippen MR) is 97.4 cm³/mol. The first-order valence-corrected chi connectivity index (χ1v) is 9.66. The summed E-state index contributed by atoms with van der Waals surface area (Å²) in [7, 11) is 0. The van der Waals surface area contributed by atoms with Gasteiger partial charge in [-0.05, 0) is 43.9 Å². The van der Waals surface area contributed by atoms with E-state index in [1.54, 1.807) is 11.3 Å². The lowest BCUT2D eigenvalue weighted by atomic mass is 10.1. The standard InChI is InChI=1S/C19H23N3OS/c1-13(20-11-18-21-17(12-24-18)15-4-5-15)14-6-8-16(9-7-14)22-10-2-3-19(22)23/h6-9,12-13,15,20H,2-5,10-11H2,1H3/t13-/m0/s1. The molecule has 1 amide bonds. The third-order valence-corrected chi connectivity index (χ3v) is 5.77. The van der Waals surface area contributed by atoms with Crippen molar-refractivity contribution in [3.8, 4) is 0 Å². The number of aromatic nitrogens is 1. The zero-order chi connectivity index (χ0) is 16.5. The third-order valence-electron chi connectivity index (χ3n) is 4.90. The summed E-state index contributed by atoms with van der Waals surface area (Å²) in [5, 5.41) is 6.93. The van der Waals surface area contributed by atoms with Crippen molar-refractivity contribution in [1.29, 1.82) is 0 Å². The molecule has 1 saturated carbocycles. The molecule has 126 valence electrons. The van der Waals surface area contributed by atoms with Gasteiger partial charge in [0.1, 0.15) is 5.01 Å². The largest absolute Gasteiger partial charge is 0.312 e. The Balaban J connectivity index is 1.35. The van der Waals surface area contributed by atoms with Crippen LogP contribution in [0.3, 0.4) is 0 Å². The summed E-state index contributed by atoms with van der Waals surface area (Å²) in [6.45, 7) is 3.83. The van der Waals surface area contributed by atoms with Crippen LogP contribution in [0.25, 0.3) is 0 Å². The minimum atomic E-state index is 0.240. The van der Waals surface area contributed by atoms with Crippen LogP contribution >= 0.6 is 11.3 Å². The lowest BCUT2D eigenvalue weighted by molar-refractivity contribution is -0.117. The van der Waals surface area contributed by atoms with E-state index in [1.807, 2.05) is 4.90 Å². The van der Waals surface area contributed by atoms with Gasteiger partial charge in [-0.3, -0.25) is 4.79 Å². The van der Waals surface area contributed by atoms with E-state index in [0.29, 0.717) is 6.42 Å². The minimum absolute atomic E-state index is 0.240. The number of carbonyl (C=O) groups is 1. The maximum absolute atomic E-state index is 11.8. The van der Waals surface area contributed by atoms with Gasteiger partial charge in [-0.25, -0.2) is 4.98 Å². The van der Waals surface area contributed by atoms with Gasteiger partial charge in [-0.1, -0.05) is 12.1 Å². The number of anilines is 1. The maximum Gasteiger partial charge on any atom is 0.227 e. The van der Waals surface area contributed by atoms with Gasteiger partial charge in [0.15, 0.2) is 0 Å². The monoisotopic (exact) mass is 341 g/mol. The molecule has 1 saturated heterocycles. The fraction of sp³-hybridized carbons (Fsp3) is 0.474. The van der Waals surface area contributed by atoms with E-state index >= 15 is 0 Å². The van der Waals surface area contributed by atoms with Crippen LogP contribution in [0.5, 0.6) is 0 Å². The van der Waals surface area contributed by atoms with Crippen LogP contribution in [0.2, 0.25) is 0 Å². The number of thiazole rings is 1. The molecule has 0 radical (unpaired) electrons. The van der Waals surface area contributed by atoms with Gasteiger partial charge in [0, 0.05) is 42.5 Å². The Kier molecular flexibility index (Phi) is 4.37. The van der Waals surface area contributed by atoms with Crippen molar-refractivity contribution in [1.82, 2.24) is 10.3 Å². The molecule has 1 N–H and O–H groups in total. The highest BCUT2D eigenvalue weighted by Gasteiger charge is 2.26. The third kappa shape index (κ3) is 3.37. The van der Waals surface area contributed by atoms with Gasteiger partial charge in [0.2, 0.25) is 5.91 Å². The summed E-state index contributed by atoms with van der Waals surface area (Å²) in [6, 6.07) is 8.63. The van der Waals surface area contributed by atoms with Crippen molar-refractivity contribution >= 4 is 22.9 Å². The first-order chi connectivity index (χ1) is 11.7. The second kappa shape index (κ2) is 6.65. The average molecular weight is 341 g/mol. The molecule has 2 heterocycles. The van der Waals surface area contributed by atoms with Crippen LogP contribution in [0.4, 0.5) is 5.69 Å². The molecule has 5 heteroatoms. The number of carbonyl (C=O) groups excluding carboxylic acids is 1. The molecule has 0 unspecified atom stereocenters. The second-order valence-electron chi connectivity index (χ2n) is 6.78. The number of hydrogen-bond donors (Lipinski definition) is 1. The zero-order valence-electron chi connectivity index (χ0n) is 14.0. The SMILES string of the molecule is C[C@H](NCc1nc(C2CC2)cs1)c1ccc(N2CCCC2=O)cc1. The van der Waals surface area contributed by atoms with Crippen LogP contribution in [-0.2, 0) is 11.3 Å². The van der Waals surface area contributed by atoms with E-state index in [0.717, 1.165) is 31.1 Å². The average Bonchev–Trinajstić information content (AvgIpc) is 3.19. The van der Waals surface area contributed by atoms with Crippen LogP contribution in [0.15, 0.2) is 29.6 Å². The summed E-state index contributed by atoms with van der Waals surface area (Å²) in [5.74, 6) is 0.970. The molecule has 1 aliphatic carbocycles. The zero-order valence-corrected chi connectivity index (χ0v) is 14.8. The molecule has 1 aromatic heterocycles. The van der Waals surface area contributed by atoms with Gasteiger partial charge in [0.25, 0.3) is 0 Å². The lowest BCUT2D eigenvalue weighted by Gasteiger charge is -2.18. The first kappa shape index (κ1) is 15.8. The van der Waals surface area contributed by atoms with Crippen molar-refractivity contribution in [2.75, 3.05) is 11.4 Å². The van der Waals surface area contributed by atoms with E-state index < -0.39 is 0 Å². The normalized spacial score (nSPS) is 19.0. The molecule has 1 aliphatic heterocycles. The van der Waals surface area contributed by atoms with Gasteiger partial charge in [-0.15, -0.1) is 11.3 Å². The maximum atomic E-state index is 11.8. The van der Waals surface area contributed by atoms with Gasteiger partial charge >= 0.3 is 0 Å². The summed E-state index contributed by atoms with van der Waals surface area (Å²) < 4.78 is 0. The molecule has 1 atom stereocenters. The quantitative estimate of drug-likeness (QED) is 0.864. The highest BCUT2D eigenvalue weighted by molar-refractivity contribution is 7.09. The highest BCUT2D eigenvalue weighted by atomic mass is 32.1. The molecule has 2 aromatic rings. The van der Waals surface area contributed by atoms with E-state index in [9.17, 15) is 4.79 Å². The van der Waals surface area contributed by atoms with Crippen molar-refractivity contribution in [3.05, 3.63) is 45.9 Å². The minimum Gasteiger partial charge on any atom is -0.312 e. The molecule has 0 bridgehead atoms. The number of nitrogens with one attached hydrogen (secondary N) is 1. The summed E-state index contributed by atoms with van der Waals surface area (Å²) in [5.41, 5.74) is 3.54. The Morgan fingerprint density at radius 2 is 2.12 bits per heavy atom. The molecule has 24 heavy (non-hydrogen) atoms. The summed E-state index contributed by atoms with van der Waals surface area (Å²) >= 11 is 1.76. The molecule has 2 fully saturated rings. The number of nitrogens with zero attached hydrogens (tertiary/aromatic N) is 2. The molecule has 4 nitrogen and oxygen atoms in total. The van der Waals surface area contributed by atoms with Crippen molar-refractivity contribution in [3.63, 3.8) is 0 Å². The molecule has 1 aromatic carbocycles. The second-order valence-corrected chi connectivity index (χ2v) is 7.73. The summed E-state index contributed by atoms with van der Waals surface area (Å²) in [6.07, 6.45) is 4.25. The summed E-state index contributed by atoms with van der Waals surface area (Å²) in [4.78, 5) is 18.4. The van der Waals surface area contributed by atoms with E-state index in [4.69, 9.17) is 4.98 Å². The van der Waals surface area contributed by atoms with Crippen LogP contribution < -0.4 is 10.2 Å². The van der Waals surface area contributed by atoms with Crippen molar-refractivity contribution < 1.29 is 4.79 Å². The lowest BCUT2D eigenvalue weighted by Crippen LogP contribution is -2.23. The number of amides is 1. The van der Waals surface area contributed by atoms with Gasteiger partial charge < -0.3 is 10.2 Å². The number of benzene rings is 1. The van der Waals surface area contributed by atoms with E-state index in [1.165, 1.54) is 29.1 Å². The molecule has 4 rings (SSSR count). The molecular formula is C19H23N3OS. The fourth-order valence-corrected chi connectivity index (χ4v) is 4.02. The predicted octanol–water partition coefficient (Wildman–Crippen LogP) is 4.00. The Morgan fingerprint density at radius 3 is 2.79 bits per heavy atom. The van der Waals surface area contributed by atoms with E-state index in [2.05, 4.69) is 41.9 Å². The van der Waals surface area contributed by atoms with Crippen LogP contribution in [0.1, 0.15) is 60.8 Å². The van der Waals surface area contributed by atoms with Crippen LogP contribution in [-0.4, -0.2) is 17.4 Å². The highest BCUT2D eigenvalue weighted by Crippen LogP contribution is 2.40. The Labute approximate surface area is 146 Å².